The molecule has 3 aromatic rings. The number of carbonyl (C=O) groups is 1. The van der Waals surface area contributed by atoms with Crippen molar-refractivity contribution in [1.82, 2.24) is 5.43 Å². The summed E-state index contributed by atoms with van der Waals surface area (Å²) in [7, 11) is 0. The summed E-state index contributed by atoms with van der Waals surface area (Å²) < 4.78 is 27.0. The van der Waals surface area contributed by atoms with Crippen molar-refractivity contribution in [3.8, 4) is 11.5 Å². The van der Waals surface area contributed by atoms with Gasteiger partial charge in [0.25, 0.3) is 5.91 Å². The number of nitrogens with zero attached hydrogens (tertiary/aromatic N) is 1. The molecule has 0 radical (unpaired) electrons. The first kappa shape index (κ1) is 23.0. The first-order valence-electron chi connectivity index (χ1n) is 9.39. The minimum Gasteiger partial charge on any atom is -0.490 e. The quantitative estimate of drug-likeness (QED) is 0.273. The predicted molar refractivity (Wildman–Crippen MR) is 125 cm³/mol. The summed E-state index contributed by atoms with van der Waals surface area (Å²) >= 11 is 6.90. The molecule has 160 valence electrons. The molecule has 0 aliphatic rings. The SMILES string of the molecule is CCOc1cc(/C=N\NC(=O)c2ccccc2F)c(Br)cc1OCc1ccc(Br)cc1. The predicted octanol–water partition coefficient (Wildman–Crippen LogP) is 6.09. The van der Waals surface area contributed by atoms with Crippen molar-refractivity contribution in [3.05, 3.63) is 92.1 Å². The third-order valence-corrected chi connectivity index (χ3v) is 5.37. The summed E-state index contributed by atoms with van der Waals surface area (Å²) in [5, 5.41) is 3.93. The smallest absolute Gasteiger partial charge is 0.274 e. The fourth-order valence-corrected chi connectivity index (χ4v) is 3.33. The van der Waals surface area contributed by atoms with Gasteiger partial charge in [0.2, 0.25) is 0 Å². The van der Waals surface area contributed by atoms with Crippen LogP contribution in [-0.4, -0.2) is 18.7 Å². The van der Waals surface area contributed by atoms with Gasteiger partial charge in [0.05, 0.1) is 18.4 Å². The summed E-state index contributed by atoms with van der Waals surface area (Å²) in [5.41, 5.74) is 3.93. The molecule has 0 aliphatic heterocycles. The Bertz CT molecular complexity index is 1090. The lowest BCUT2D eigenvalue weighted by Gasteiger charge is -2.14. The third kappa shape index (κ3) is 6.38. The van der Waals surface area contributed by atoms with Crippen LogP contribution in [0.25, 0.3) is 0 Å². The van der Waals surface area contributed by atoms with Gasteiger partial charge in [-0.2, -0.15) is 5.10 Å². The Labute approximate surface area is 196 Å². The monoisotopic (exact) mass is 548 g/mol. The lowest BCUT2D eigenvalue weighted by atomic mass is 10.2. The van der Waals surface area contributed by atoms with Crippen molar-refractivity contribution in [1.29, 1.82) is 0 Å². The van der Waals surface area contributed by atoms with E-state index in [0.717, 1.165) is 10.0 Å². The fraction of sp³-hybridized carbons (Fsp3) is 0.130. The summed E-state index contributed by atoms with van der Waals surface area (Å²) in [6, 6.07) is 17.1. The molecule has 0 saturated heterocycles. The van der Waals surface area contributed by atoms with Crippen molar-refractivity contribution < 1.29 is 18.7 Å². The van der Waals surface area contributed by atoms with Crippen molar-refractivity contribution in [2.75, 3.05) is 6.61 Å². The van der Waals surface area contributed by atoms with Crippen LogP contribution in [0.1, 0.15) is 28.4 Å². The van der Waals surface area contributed by atoms with Gasteiger partial charge in [0, 0.05) is 14.5 Å². The second-order valence-electron chi connectivity index (χ2n) is 6.35. The Balaban J connectivity index is 1.73. The van der Waals surface area contributed by atoms with Gasteiger partial charge in [-0.1, -0.05) is 40.2 Å². The molecule has 1 N–H and O–H groups in total. The third-order valence-electron chi connectivity index (χ3n) is 4.16. The van der Waals surface area contributed by atoms with Crippen LogP contribution < -0.4 is 14.9 Å². The number of hydrazone groups is 1. The lowest BCUT2D eigenvalue weighted by Crippen LogP contribution is -2.19. The van der Waals surface area contributed by atoms with Crippen LogP contribution >= 0.6 is 31.9 Å². The van der Waals surface area contributed by atoms with Gasteiger partial charge in [-0.25, -0.2) is 9.82 Å². The van der Waals surface area contributed by atoms with Crippen molar-refractivity contribution in [2.45, 2.75) is 13.5 Å². The number of halogens is 3. The number of nitrogens with one attached hydrogen (secondary N) is 1. The molecule has 0 aliphatic carbocycles. The van der Waals surface area contributed by atoms with Gasteiger partial charge in [-0.3, -0.25) is 4.79 Å². The molecule has 1 amide bonds. The molecule has 0 unspecified atom stereocenters. The average Bonchev–Trinajstić information content (AvgIpc) is 2.76. The van der Waals surface area contributed by atoms with E-state index in [9.17, 15) is 9.18 Å². The van der Waals surface area contributed by atoms with E-state index >= 15 is 0 Å². The van der Waals surface area contributed by atoms with Gasteiger partial charge in [-0.05, 0) is 64.8 Å². The van der Waals surface area contributed by atoms with E-state index in [1.54, 1.807) is 18.2 Å². The number of amides is 1. The number of hydrogen-bond acceptors (Lipinski definition) is 4. The number of rotatable bonds is 8. The van der Waals surface area contributed by atoms with E-state index in [1.165, 1.54) is 24.4 Å². The molecule has 3 aromatic carbocycles. The van der Waals surface area contributed by atoms with Gasteiger partial charge in [0.15, 0.2) is 11.5 Å². The minimum atomic E-state index is -0.634. The highest BCUT2D eigenvalue weighted by Gasteiger charge is 2.12. The summed E-state index contributed by atoms with van der Waals surface area (Å²) in [5.74, 6) is -0.124. The second-order valence-corrected chi connectivity index (χ2v) is 8.12. The Morgan fingerprint density at radius 3 is 2.48 bits per heavy atom. The summed E-state index contributed by atoms with van der Waals surface area (Å²) in [6.07, 6.45) is 1.45. The summed E-state index contributed by atoms with van der Waals surface area (Å²) in [6.45, 7) is 2.71. The maximum atomic E-state index is 13.7. The van der Waals surface area contributed by atoms with E-state index in [0.29, 0.717) is 34.7 Å². The van der Waals surface area contributed by atoms with Crippen molar-refractivity contribution in [2.24, 2.45) is 5.10 Å². The maximum absolute atomic E-state index is 13.7. The number of ether oxygens (including phenoxy) is 2. The number of hydrogen-bond donors (Lipinski definition) is 1. The topological polar surface area (TPSA) is 59.9 Å². The zero-order valence-corrected chi connectivity index (χ0v) is 19.7. The lowest BCUT2D eigenvalue weighted by molar-refractivity contribution is 0.0951. The number of benzene rings is 3. The van der Waals surface area contributed by atoms with Crippen LogP contribution in [0.4, 0.5) is 4.39 Å². The average molecular weight is 550 g/mol. The van der Waals surface area contributed by atoms with Gasteiger partial charge in [-0.15, -0.1) is 0 Å². The van der Waals surface area contributed by atoms with Crippen molar-refractivity contribution >= 4 is 44.0 Å². The van der Waals surface area contributed by atoms with Crippen molar-refractivity contribution in [3.63, 3.8) is 0 Å². The molecule has 0 spiro atoms. The van der Waals surface area contributed by atoms with Crippen LogP contribution in [-0.2, 0) is 6.61 Å². The Hall–Kier alpha value is -2.71. The zero-order valence-electron chi connectivity index (χ0n) is 16.6. The maximum Gasteiger partial charge on any atom is 0.274 e. The Kier molecular flexibility index (Phi) is 8.20. The highest BCUT2D eigenvalue weighted by atomic mass is 79.9. The molecular weight excluding hydrogens is 531 g/mol. The van der Waals surface area contributed by atoms with Crippen LogP contribution in [0, 0.1) is 5.82 Å². The molecule has 0 heterocycles. The molecule has 5 nitrogen and oxygen atoms in total. The standard InChI is InChI=1S/C23H19Br2FN2O3/c1-2-30-21-11-16(13-27-28-23(29)18-5-3-4-6-20(18)26)19(25)12-22(21)31-14-15-7-9-17(24)10-8-15/h3-13H,2,14H2,1H3,(H,28,29)/b27-13-. The molecule has 0 bridgehead atoms. The first-order chi connectivity index (χ1) is 15.0. The van der Waals surface area contributed by atoms with Crippen LogP contribution in [0.2, 0.25) is 0 Å². The molecule has 0 saturated carbocycles. The normalized spacial score (nSPS) is 10.8. The Morgan fingerprint density at radius 1 is 1.06 bits per heavy atom. The molecule has 8 heteroatoms. The first-order valence-corrected chi connectivity index (χ1v) is 11.0. The fourth-order valence-electron chi connectivity index (χ4n) is 2.64. The second kappa shape index (κ2) is 11.1. The van der Waals surface area contributed by atoms with E-state index in [2.05, 4.69) is 42.4 Å². The molecule has 3 rings (SSSR count). The van der Waals surface area contributed by atoms with Gasteiger partial charge < -0.3 is 9.47 Å². The van der Waals surface area contributed by atoms with E-state index in [-0.39, 0.29) is 5.56 Å². The number of carbonyl (C=O) groups excluding carboxylic acids is 1. The molecule has 0 aromatic heterocycles. The highest BCUT2D eigenvalue weighted by Crippen LogP contribution is 2.34. The van der Waals surface area contributed by atoms with Crippen LogP contribution in [0.3, 0.4) is 0 Å². The molecule has 31 heavy (non-hydrogen) atoms. The molecule has 0 fully saturated rings. The summed E-state index contributed by atoms with van der Waals surface area (Å²) in [4.78, 5) is 12.1. The van der Waals surface area contributed by atoms with E-state index < -0.39 is 11.7 Å². The van der Waals surface area contributed by atoms with E-state index in [4.69, 9.17) is 9.47 Å². The minimum absolute atomic E-state index is 0.0783. The van der Waals surface area contributed by atoms with Crippen LogP contribution in [0.15, 0.2) is 74.7 Å². The largest absolute Gasteiger partial charge is 0.490 e. The Morgan fingerprint density at radius 2 is 1.77 bits per heavy atom. The molecular formula is C23H19Br2FN2O3. The highest BCUT2D eigenvalue weighted by molar-refractivity contribution is 9.10. The zero-order chi connectivity index (χ0) is 22.2. The van der Waals surface area contributed by atoms with E-state index in [1.807, 2.05) is 31.2 Å². The van der Waals surface area contributed by atoms with Crippen LogP contribution in [0.5, 0.6) is 11.5 Å². The van der Waals surface area contributed by atoms with Gasteiger partial charge in [0.1, 0.15) is 12.4 Å². The van der Waals surface area contributed by atoms with Gasteiger partial charge >= 0.3 is 0 Å². The molecule has 0 atom stereocenters.